The van der Waals surface area contributed by atoms with Crippen LogP contribution in [0.5, 0.6) is 0 Å². The van der Waals surface area contributed by atoms with Crippen LogP contribution in [-0.2, 0) is 59.3 Å². The van der Waals surface area contributed by atoms with Crippen LogP contribution in [0.2, 0.25) is 0 Å². The number of aliphatic imine (C=N–C) groups is 1. The summed E-state index contributed by atoms with van der Waals surface area (Å²) in [5.74, 6) is 0.594. The molecule has 1 aliphatic rings. The number of nitrogens with zero attached hydrogens (tertiary/aromatic N) is 2. The van der Waals surface area contributed by atoms with E-state index in [-0.39, 0.29) is 25.7 Å². The molecule has 51 heavy (non-hydrogen) atoms. The lowest BCUT2D eigenvalue weighted by Gasteiger charge is -2.39. The Morgan fingerprint density at radius 3 is 1.61 bits per heavy atom. The van der Waals surface area contributed by atoms with Gasteiger partial charge in [0, 0.05) is 20.8 Å². The fourth-order valence-corrected chi connectivity index (χ4v) is 6.06. The van der Waals surface area contributed by atoms with Gasteiger partial charge in [-0.15, -0.1) is 0 Å². The summed E-state index contributed by atoms with van der Waals surface area (Å²) < 4.78 is 35.7. The third kappa shape index (κ3) is 12.6. The Morgan fingerprint density at radius 2 is 1.06 bits per heavy atom. The molecule has 0 aromatic heterocycles. The van der Waals surface area contributed by atoms with Gasteiger partial charge in [0.25, 0.3) is 0 Å². The van der Waals surface area contributed by atoms with Crippen molar-refractivity contribution in [3.05, 3.63) is 144 Å². The average molecular weight is 698 g/mol. The number of rotatable bonds is 21. The second-order valence-corrected chi connectivity index (χ2v) is 12.3. The zero-order chi connectivity index (χ0) is 35.4. The van der Waals surface area contributed by atoms with Crippen LogP contribution in [0.15, 0.2) is 126 Å². The SMILES string of the molecule is COCCOCOC1C(Cc2ccccc2)N=C(NOCc2ccccc2)N(Cc2ccccc2)C(Cc2ccccc2)C1OCOCCOC. The normalized spacial score (nSPS) is 19.0. The Bertz CT molecular complexity index is 1520. The standard InChI is InChI=1S/C41H51N3O7/c1-45-23-25-47-31-49-39-37(27-33-15-7-3-8-16-33)42-41(43-51-30-36-21-13-6-14-22-36)44(29-35-19-11-5-12-20-35)38(28-34-17-9-4-10-18-34)40(39)50-32-48-26-24-46-2/h3-22,37-40H,23-32H2,1-2H3,(H,42,43). The summed E-state index contributed by atoms with van der Waals surface area (Å²) >= 11 is 0. The molecule has 1 aliphatic heterocycles. The highest BCUT2D eigenvalue weighted by Gasteiger charge is 2.44. The first-order chi connectivity index (χ1) is 25.2. The summed E-state index contributed by atoms with van der Waals surface area (Å²) in [6, 6.07) is 40.5. The zero-order valence-electron chi connectivity index (χ0n) is 29.7. The van der Waals surface area contributed by atoms with Gasteiger partial charge in [-0.05, 0) is 35.1 Å². The summed E-state index contributed by atoms with van der Waals surface area (Å²) in [6.07, 6.45) is 0.195. The number of nitrogens with one attached hydrogen (secondary N) is 1. The summed E-state index contributed by atoms with van der Waals surface area (Å²) in [4.78, 5) is 13.9. The van der Waals surface area contributed by atoms with Crippen LogP contribution >= 0.6 is 0 Å². The molecule has 4 aromatic carbocycles. The van der Waals surface area contributed by atoms with Crippen molar-refractivity contribution in [2.75, 3.05) is 54.2 Å². The van der Waals surface area contributed by atoms with Crippen molar-refractivity contribution in [3.8, 4) is 0 Å². The molecule has 0 spiro atoms. The van der Waals surface area contributed by atoms with Gasteiger partial charge in [0.15, 0.2) is 0 Å². The summed E-state index contributed by atoms with van der Waals surface area (Å²) in [6.45, 7) is 2.70. The highest BCUT2D eigenvalue weighted by Crippen LogP contribution is 2.29. The molecule has 4 aromatic rings. The fourth-order valence-electron chi connectivity index (χ4n) is 6.06. The minimum absolute atomic E-state index is 0.0449. The average Bonchev–Trinajstić information content (AvgIpc) is 3.27. The molecule has 5 rings (SSSR count). The molecule has 1 N–H and O–H groups in total. The van der Waals surface area contributed by atoms with E-state index in [1.807, 2.05) is 60.7 Å². The Kier molecular flexibility index (Phi) is 16.4. The van der Waals surface area contributed by atoms with Crippen molar-refractivity contribution in [3.63, 3.8) is 0 Å². The largest absolute Gasteiger partial charge is 0.382 e. The number of benzene rings is 4. The van der Waals surface area contributed by atoms with E-state index in [1.165, 1.54) is 0 Å². The highest BCUT2D eigenvalue weighted by atomic mass is 16.7. The van der Waals surface area contributed by atoms with Crippen LogP contribution in [0, 0.1) is 0 Å². The molecule has 10 heteroatoms. The molecule has 0 amide bonds. The maximum absolute atomic E-state index is 6.78. The summed E-state index contributed by atoms with van der Waals surface area (Å²) in [5.41, 5.74) is 7.72. The monoisotopic (exact) mass is 697 g/mol. The topological polar surface area (TPSA) is 92.2 Å². The lowest BCUT2D eigenvalue weighted by atomic mass is 9.91. The quantitative estimate of drug-likeness (QED) is 0.0658. The van der Waals surface area contributed by atoms with Crippen molar-refractivity contribution in [1.82, 2.24) is 10.4 Å². The van der Waals surface area contributed by atoms with Crippen LogP contribution in [0.1, 0.15) is 22.3 Å². The van der Waals surface area contributed by atoms with Gasteiger partial charge >= 0.3 is 0 Å². The summed E-state index contributed by atoms with van der Waals surface area (Å²) in [5, 5.41) is 0. The van der Waals surface area contributed by atoms with E-state index in [2.05, 4.69) is 71.0 Å². The maximum atomic E-state index is 6.78. The van der Waals surface area contributed by atoms with Crippen LogP contribution < -0.4 is 5.48 Å². The molecule has 0 aliphatic carbocycles. The second kappa shape index (κ2) is 21.9. The number of hydrogen-bond acceptors (Lipinski definition) is 10. The Morgan fingerprint density at radius 1 is 0.569 bits per heavy atom. The molecule has 0 saturated carbocycles. The molecule has 272 valence electrons. The van der Waals surface area contributed by atoms with Crippen molar-refractivity contribution >= 4 is 5.96 Å². The number of hydroxylamine groups is 1. The molecule has 0 fully saturated rings. The third-order valence-electron chi connectivity index (χ3n) is 8.61. The Labute approximate surface area is 302 Å². The number of methoxy groups -OCH3 is 2. The molecule has 0 saturated heterocycles. The van der Waals surface area contributed by atoms with E-state index in [4.69, 9.17) is 38.3 Å². The van der Waals surface area contributed by atoms with Crippen LogP contribution in [-0.4, -0.2) is 89.4 Å². The lowest BCUT2D eigenvalue weighted by molar-refractivity contribution is -0.187. The van der Waals surface area contributed by atoms with E-state index >= 15 is 0 Å². The maximum Gasteiger partial charge on any atom is 0.219 e. The van der Waals surface area contributed by atoms with Crippen LogP contribution in [0.4, 0.5) is 0 Å². The molecule has 0 bridgehead atoms. The smallest absolute Gasteiger partial charge is 0.219 e. The van der Waals surface area contributed by atoms with Crippen molar-refractivity contribution in [2.45, 2.75) is 50.3 Å². The van der Waals surface area contributed by atoms with E-state index in [0.717, 1.165) is 22.3 Å². The van der Waals surface area contributed by atoms with E-state index in [9.17, 15) is 0 Å². The highest BCUT2D eigenvalue weighted by molar-refractivity contribution is 5.80. The van der Waals surface area contributed by atoms with Crippen LogP contribution in [0.25, 0.3) is 0 Å². The first kappa shape index (κ1) is 38.1. The summed E-state index contributed by atoms with van der Waals surface area (Å²) in [7, 11) is 3.30. The van der Waals surface area contributed by atoms with Gasteiger partial charge in [0.2, 0.25) is 5.96 Å². The van der Waals surface area contributed by atoms with Gasteiger partial charge in [-0.1, -0.05) is 121 Å². The minimum atomic E-state index is -0.529. The van der Waals surface area contributed by atoms with E-state index in [1.54, 1.807) is 14.2 Å². The van der Waals surface area contributed by atoms with Gasteiger partial charge in [-0.3, -0.25) is 4.84 Å². The van der Waals surface area contributed by atoms with Crippen LogP contribution in [0.3, 0.4) is 0 Å². The number of ether oxygens (including phenoxy) is 6. The van der Waals surface area contributed by atoms with Crippen molar-refractivity contribution in [1.29, 1.82) is 0 Å². The Hall–Kier alpha value is -4.13. The zero-order valence-corrected chi connectivity index (χ0v) is 29.7. The van der Waals surface area contributed by atoms with Gasteiger partial charge in [-0.2, -0.15) is 0 Å². The third-order valence-corrected chi connectivity index (χ3v) is 8.61. The first-order valence-corrected chi connectivity index (χ1v) is 17.5. The predicted octanol–water partition coefficient (Wildman–Crippen LogP) is 5.81. The molecule has 0 radical (unpaired) electrons. The van der Waals surface area contributed by atoms with E-state index in [0.29, 0.717) is 58.4 Å². The van der Waals surface area contributed by atoms with Crippen molar-refractivity contribution in [2.24, 2.45) is 4.99 Å². The predicted molar refractivity (Wildman–Crippen MR) is 197 cm³/mol. The van der Waals surface area contributed by atoms with E-state index < -0.39 is 12.2 Å². The van der Waals surface area contributed by atoms with Gasteiger partial charge in [-0.25, -0.2) is 10.5 Å². The molecule has 10 nitrogen and oxygen atoms in total. The molecule has 1 heterocycles. The number of hydrogen-bond donors (Lipinski definition) is 1. The van der Waals surface area contributed by atoms with Crippen molar-refractivity contribution < 1.29 is 33.3 Å². The molecular weight excluding hydrogens is 646 g/mol. The van der Waals surface area contributed by atoms with Gasteiger partial charge < -0.3 is 33.3 Å². The van der Waals surface area contributed by atoms with Gasteiger partial charge in [0.05, 0.1) is 45.1 Å². The van der Waals surface area contributed by atoms with Gasteiger partial charge in [0.1, 0.15) is 25.8 Å². The number of guanidine groups is 1. The Balaban J connectivity index is 1.58. The fraction of sp³-hybridized carbons (Fsp3) is 0.390. The minimum Gasteiger partial charge on any atom is -0.382 e. The first-order valence-electron chi connectivity index (χ1n) is 17.5. The lowest BCUT2D eigenvalue weighted by Crippen LogP contribution is -2.55. The molecular formula is C41H51N3O7. The molecule has 4 atom stereocenters. The molecule has 4 unspecified atom stereocenters. The second-order valence-electron chi connectivity index (χ2n) is 12.3.